The third-order valence-corrected chi connectivity index (χ3v) is 1.52. The highest BCUT2D eigenvalue weighted by molar-refractivity contribution is 14.1. The highest BCUT2D eigenvalue weighted by atomic mass is 127. The molecule has 0 radical (unpaired) electrons. The molecule has 0 fully saturated rings. The quantitative estimate of drug-likeness (QED) is 0.545. The third kappa shape index (κ3) is 1.82. The van der Waals surface area contributed by atoms with Crippen molar-refractivity contribution in [2.75, 3.05) is 7.11 Å². The summed E-state index contributed by atoms with van der Waals surface area (Å²) in [6.07, 6.45) is 1.72. The number of hydrogen-bond donors (Lipinski definition) is 0. The van der Waals surface area contributed by atoms with Crippen LogP contribution in [0.3, 0.4) is 0 Å². The second-order valence-corrected chi connectivity index (χ2v) is 2.62. The molecule has 1 heterocycles. The van der Waals surface area contributed by atoms with Gasteiger partial charge < -0.3 is 4.74 Å². The maximum Gasteiger partial charge on any atom is 0.123 e. The fourth-order valence-corrected chi connectivity index (χ4v) is 0.979. The van der Waals surface area contributed by atoms with Crippen molar-refractivity contribution in [2.45, 2.75) is 0 Å². The first-order chi connectivity index (χ1) is 4.33. The van der Waals surface area contributed by atoms with Gasteiger partial charge in [-0.25, -0.2) is 0 Å². The number of nitrogens with zero attached hydrogens (tertiary/aromatic N) is 1. The van der Waals surface area contributed by atoms with Crippen molar-refractivity contribution >= 4 is 22.6 Å². The molecule has 1 aromatic rings. The van der Waals surface area contributed by atoms with Gasteiger partial charge in [0.05, 0.1) is 7.11 Å². The minimum atomic E-state index is 0.856. The zero-order chi connectivity index (χ0) is 6.69. The van der Waals surface area contributed by atoms with Gasteiger partial charge in [0.1, 0.15) is 9.45 Å². The average Bonchev–Trinajstić information content (AvgIpc) is 1.88. The Hall–Kier alpha value is -0.320. The number of methoxy groups -OCH3 is 1. The highest BCUT2D eigenvalue weighted by Gasteiger charge is 1.89. The summed E-state index contributed by atoms with van der Waals surface area (Å²) in [5, 5.41) is 0. The number of pyridine rings is 1. The number of aromatic nitrogens is 1. The minimum Gasteiger partial charge on any atom is -0.497 e. The Labute approximate surface area is 67.4 Å². The Bertz CT molecular complexity index is 202. The van der Waals surface area contributed by atoms with E-state index in [0.717, 1.165) is 9.45 Å². The molecule has 48 valence electrons. The molecule has 0 amide bonds. The molecule has 0 aromatic carbocycles. The van der Waals surface area contributed by atoms with E-state index in [1.807, 2.05) is 12.1 Å². The molecule has 0 saturated carbocycles. The van der Waals surface area contributed by atoms with Crippen LogP contribution in [0.25, 0.3) is 0 Å². The van der Waals surface area contributed by atoms with Crippen molar-refractivity contribution in [1.82, 2.24) is 4.98 Å². The average molecular weight is 235 g/mol. The summed E-state index contributed by atoms with van der Waals surface area (Å²) in [5.41, 5.74) is 0. The lowest BCUT2D eigenvalue weighted by Gasteiger charge is -1.96. The molecule has 0 aliphatic rings. The standard InChI is InChI=1S/C6H6INO/c1-9-5-2-3-8-6(7)4-5/h2-4H,1H3. The van der Waals surface area contributed by atoms with Crippen LogP contribution in [-0.4, -0.2) is 12.1 Å². The summed E-state index contributed by atoms with van der Waals surface area (Å²) in [7, 11) is 1.64. The molecule has 0 aliphatic carbocycles. The van der Waals surface area contributed by atoms with E-state index >= 15 is 0 Å². The molecule has 0 N–H and O–H groups in total. The van der Waals surface area contributed by atoms with Crippen LogP contribution in [0.5, 0.6) is 5.75 Å². The van der Waals surface area contributed by atoms with Gasteiger partial charge in [0.25, 0.3) is 0 Å². The van der Waals surface area contributed by atoms with Crippen molar-refractivity contribution in [3.05, 3.63) is 22.0 Å². The molecule has 1 aromatic heterocycles. The van der Waals surface area contributed by atoms with Crippen LogP contribution in [0.1, 0.15) is 0 Å². The van der Waals surface area contributed by atoms with E-state index in [1.165, 1.54) is 0 Å². The van der Waals surface area contributed by atoms with Gasteiger partial charge in [0.15, 0.2) is 0 Å². The summed E-state index contributed by atoms with van der Waals surface area (Å²) in [6.45, 7) is 0. The Balaban J connectivity index is 2.94. The zero-order valence-electron chi connectivity index (χ0n) is 4.97. The first-order valence-electron chi connectivity index (χ1n) is 2.48. The Kier molecular flexibility index (Phi) is 2.27. The number of ether oxygens (including phenoxy) is 1. The fourth-order valence-electron chi connectivity index (χ4n) is 0.512. The molecule has 2 nitrogen and oxygen atoms in total. The van der Waals surface area contributed by atoms with Crippen LogP contribution in [0.2, 0.25) is 0 Å². The van der Waals surface area contributed by atoms with Crippen LogP contribution in [0, 0.1) is 3.70 Å². The molecular weight excluding hydrogens is 229 g/mol. The zero-order valence-corrected chi connectivity index (χ0v) is 7.12. The number of halogens is 1. The number of hydrogen-bond acceptors (Lipinski definition) is 2. The van der Waals surface area contributed by atoms with Gasteiger partial charge in [0, 0.05) is 12.3 Å². The lowest BCUT2D eigenvalue weighted by atomic mass is 10.5. The monoisotopic (exact) mass is 235 g/mol. The van der Waals surface area contributed by atoms with Crippen LogP contribution < -0.4 is 4.74 Å². The molecule has 0 aliphatic heterocycles. The summed E-state index contributed by atoms with van der Waals surface area (Å²) in [6, 6.07) is 3.70. The maximum absolute atomic E-state index is 4.95. The van der Waals surface area contributed by atoms with Crippen molar-refractivity contribution in [2.24, 2.45) is 0 Å². The van der Waals surface area contributed by atoms with Gasteiger partial charge >= 0.3 is 0 Å². The summed E-state index contributed by atoms with van der Waals surface area (Å²) in [5.74, 6) is 0.856. The van der Waals surface area contributed by atoms with Crippen LogP contribution in [0.4, 0.5) is 0 Å². The molecule has 0 unspecified atom stereocenters. The normalized spacial score (nSPS) is 9.11. The lowest BCUT2D eigenvalue weighted by molar-refractivity contribution is 0.414. The van der Waals surface area contributed by atoms with Crippen LogP contribution >= 0.6 is 22.6 Å². The van der Waals surface area contributed by atoms with Gasteiger partial charge in [-0.2, -0.15) is 0 Å². The topological polar surface area (TPSA) is 22.1 Å². The molecule has 0 saturated heterocycles. The van der Waals surface area contributed by atoms with Gasteiger partial charge in [-0.15, -0.1) is 0 Å². The van der Waals surface area contributed by atoms with Crippen LogP contribution in [-0.2, 0) is 0 Å². The molecule has 1 rings (SSSR count). The Morgan fingerprint density at radius 1 is 1.67 bits per heavy atom. The van der Waals surface area contributed by atoms with E-state index in [2.05, 4.69) is 27.6 Å². The van der Waals surface area contributed by atoms with E-state index < -0.39 is 0 Å². The van der Waals surface area contributed by atoms with Crippen molar-refractivity contribution in [1.29, 1.82) is 0 Å². The molecule has 3 heteroatoms. The minimum absolute atomic E-state index is 0.856. The van der Waals surface area contributed by atoms with Gasteiger partial charge in [0.2, 0.25) is 0 Å². The van der Waals surface area contributed by atoms with Crippen molar-refractivity contribution in [3.63, 3.8) is 0 Å². The van der Waals surface area contributed by atoms with Crippen molar-refractivity contribution < 1.29 is 4.74 Å². The second-order valence-electron chi connectivity index (χ2n) is 1.52. The summed E-state index contributed by atoms with van der Waals surface area (Å²) in [4.78, 5) is 3.99. The Morgan fingerprint density at radius 3 is 2.89 bits per heavy atom. The molecule has 0 bridgehead atoms. The predicted octanol–water partition coefficient (Wildman–Crippen LogP) is 1.69. The van der Waals surface area contributed by atoms with Gasteiger partial charge in [-0.3, -0.25) is 4.98 Å². The first-order valence-corrected chi connectivity index (χ1v) is 3.56. The van der Waals surface area contributed by atoms with Crippen LogP contribution in [0.15, 0.2) is 18.3 Å². The summed E-state index contributed by atoms with van der Waals surface area (Å²) >= 11 is 2.14. The second kappa shape index (κ2) is 3.00. The van der Waals surface area contributed by atoms with Gasteiger partial charge in [-0.1, -0.05) is 0 Å². The Morgan fingerprint density at radius 2 is 2.44 bits per heavy atom. The molecule has 0 spiro atoms. The maximum atomic E-state index is 4.95. The highest BCUT2D eigenvalue weighted by Crippen LogP contribution is 2.10. The van der Waals surface area contributed by atoms with Crippen molar-refractivity contribution in [3.8, 4) is 5.75 Å². The smallest absolute Gasteiger partial charge is 0.123 e. The van der Waals surface area contributed by atoms with E-state index in [4.69, 9.17) is 4.74 Å². The fraction of sp³-hybridized carbons (Fsp3) is 0.167. The third-order valence-electron chi connectivity index (χ3n) is 0.934. The largest absolute Gasteiger partial charge is 0.497 e. The van der Waals surface area contributed by atoms with E-state index in [1.54, 1.807) is 13.3 Å². The van der Waals surface area contributed by atoms with E-state index in [-0.39, 0.29) is 0 Å². The molecular formula is C6H6INO. The predicted molar refractivity (Wildman–Crippen MR) is 43.5 cm³/mol. The molecule has 0 atom stereocenters. The first kappa shape index (κ1) is 6.80. The molecule has 9 heavy (non-hydrogen) atoms. The van der Waals surface area contributed by atoms with E-state index in [0.29, 0.717) is 0 Å². The summed E-state index contributed by atoms with van der Waals surface area (Å²) < 4.78 is 5.90. The lowest BCUT2D eigenvalue weighted by Crippen LogP contribution is -1.84. The van der Waals surface area contributed by atoms with Gasteiger partial charge in [-0.05, 0) is 28.7 Å². The SMILES string of the molecule is COc1ccnc(I)c1. The number of rotatable bonds is 1. The van der Waals surface area contributed by atoms with E-state index in [9.17, 15) is 0 Å².